The molecule has 0 saturated carbocycles. The molecule has 1 aliphatic carbocycles. The summed E-state index contributed by atoms with van der Waals surface area (Å²) in [5, 5.41) is 4.93. The lowest BCUT2D eigenvalue weighted by Gasteiger charge is -2.42. The maximum absolute atomic E-state index is 13.3. The topological polar surface area (TPSA) is 84.0 Å². The lowest BCUT2D eigenvalue weighted by Crippen LogP contribution is -2.48. The normalized spacial score (nSPS) is 22.4. The molecule has 1 spiro atoms. The van der Waals surface area contributed by atoms with E-state index in [1.54, 1.807) is 18.4 Å². The third kappa shape index (κ3) is 4.01. The number of benzene rings is 1. The van der Waals surface area contributed by atoms with Gasteiger partial charge in [0.2, 0.25) is 5.91 Å². The van der Waals surface area contributed by atoms with E-state index in [0.29, 0.717) is 11.0 Å². The summed E-state index contributed by atoms with van der Waals surface area (Å²) in [6.07, 6.45) is 6.62. The first-order valence-electron chi connectivity index (χ1n) is 11.5. The molecule has 8 heteroatoms. The summed E-state index contributed by atoms with van der Waals surface area (Å²) >= 11 is 1.55. The highest BCUT2D eigenvalue weighted by Crippen LogP contribution is 2.46. The Kier molecular flexibility index (Phi) is 5.90. The zero-order chi connectivity index (χ0) is 22.1. The fourth-order valence-electron chi connectivity index (χ4n) is 5.71. The molecule has 7 nitrogen and oxygen atoms in total. The largest absolute Gasteiger partial charge is 0.399 e. The van der Waals surface area contributed by atoms with E-state index in [2.05, 4.69) is 44.2 Å². The van der Waals surface area contributed by atoms with Gasteiger partial charge < -0.3 is 15.5 Å². The number of amides is 1. The molecule has 2 aromatic rings. The third-order valence-electron chi connectivity index (χ3n) is 7.44. The van der Waals surface area contributed by atoms with Crippen LogP contribution in [0, 0.1) is 5.92 Å². The average molecular weight is 454 g/mol. The van der Waals surface area contributed by atoms with E-state index < -0.39 is 0 Å². The predicted octanol–water partition coefficient (Wildman–Crippen LogP) is 3.25. The predicted molar refractivity (Wildman–Crippen MR) is 127 cm³/mol. The average Bonchev–Trinajstić information content (AvgIpc) is 3.36. The van der Waals surface area contributed by atoms with Gasteiger partial charge >= 0.3 is 0 Å². The first-order valence-corrected chi connectivity index (χ1v) is 12.3. The molecular weight excluding hydrogens is 422 g/mol. The van der Waals surface area contributed by atoms with Crippen LogP contribution in [0.4, 0.5) is 5.13 Å². The first kappa shape index (κ1) is 21.4. The van der Waals surface area contributed by atoms with Gasteiger partial charge in [0, 0.05) is 54.0 Å². The molecule has 0 radical (unpaired) electrons. The van der Waals surface area contributed by atoms with Gasteiger partial charge in [-0.15, -0.1) is 11.3 Å². The molecule has 0 unspecified atom stereocenters. The number of thiazole rings is 1. The number of hydrogen-bond acceptors (Lipinski definition) is 7. The number of piperidine rings is 2. The zero-order valence-electron chi connectivity index (χ0n) is 18.6. The Morgan fingerprint density at radius 1 is 1.25 bits per heavy atom. The lowest BCUT2D eigenvalue weighted by atomic mass is 9.73. The number of oxime groups is 1. The Morgan fingerprint density at radius 2 is 2.00 bits per heavy atom. The molecule has 5 rings (SSSR count). The molecule has 0 bridgehead atoms. The lowest BCUT2D eigenvalue weighted by molar-refractivity contribution is -0.138. The van der Waals surface area contributed by atoms with Crippen LogP contribution < -0.4 is 5.73 Å². The van der Waals surface area contributed by atoms with E-state index in [0.717, 1.165) is 70.5 Å². The standard InChI is InChI=1S/C24H31N5O2S/c1-31-27-21-14-24(20-5-3-2-4-19(20)21)8-12-29(13-9-24)22(30)17-6-10-28(11-7-17)16-18-15-26-23(25)32-18/h2-5,15,17H,6-14,16H2,1H3,(H2,25,26)/b27-21+. The number of carbonyl (C=O) groups is 1. The summed E-state index contributed by atoms with van der Waals surface area (Å²) in [5.74, 6) is 0.493. The van der Waals surface area contributed by atoms with Gasteiger partial charge in [0.05, 0.1) is 5.71 Å². The van der Waals surface area contributed by atoms with Crippen LogP contribution in [0.3, 0.4) is 0 Å². The number of anilines is 1. The molecule has 2 N–H and O–H groups in total. The number of fused-ring (bicyclic) bond motifs is 2. The first-order chi connectivity index (χ1) is 15.6. The van der Waals surface area contributed by atoms with Crippen molar-refractivity contribution in [3.8, 4) is 0 Å². The Balaban J connectivity index is 1.17. The van der Waals surface area contributed by atoms with Crippen LogP contribution in [0.5, 0.6) is 0 Å². The maximum atomic E-state index is 13.3. The van der Waals surface area contributed by atoms with Crippen molar-refractivity contribution in [3.05, 3.63) is 46.5 Å². The van der Waals surface area contributed by atoms with Gasteiger partial charge in [-0.05, 0) is 44.3 Å². The number of carbonyl (C=O) groups excluding carboxylic acids is 1. The highest BCUT2D eigenvalue weighted by Gasteiger charge is 2.45. The number of hydrogen-bond donors (Lipinski definition) is 1. The summed E-state index contributed by atoms with van der Waals surface area (Å²) in [6.45, 7) is 4.45. The molecule has 170 valence electrons. The molecule has 1 aromatic heterocycles. The molecule has 2 aliphatic heterocycles. The number of nitrogens with zero attached hydrogens (tertiary/aromatic N) is 4. The van der Waals surface area contributed by atoms with Gasteiger partial charge in [-0.25, -0.2) is 4.98 Å². The molecule has 3 heterocycles. The smallest absolute Gasteiger partial charge is 0.225 e. The molecule has 2 fully saturated rings. The van der Waals surface area contributed by atoms with Crippen LogP contribution in [-0.4, -0.2) is 59.7 Å². The quantitative estimate of drug-likeness (QED) is 0.719. The molecule has 1 amide bonds. The van der Waals surface area contributed by atoms with Gasteiger partial charge in [-0.1, -0.05) is 29.4 Å². The summed E-state index contributed by atoms with van der Waals surface area (Å²) in [6, 6.07) is 8.56. The van der Waals surface area contributed by atoms with Crippen LogP contribution in [-0.2, 0) is 21.6 Å². The summed E-state index contributed by atoms with van der Waals surface area (Å²) in [4.78, 5) is 28.3. The molecule has 3 aliphatic rings. The Hall–Kier alpha value is -2.45. The van der Waals surface area contributed by atoms with Gasteiger partial charge in [0.15, 0.2) is 5.13 Å². The summed E-state index contributed by atoms with van der Waals surface area (Å²) in [7, 11) is 1.61. The maximum Gasteiger partial charge on any atom is 0.225 e. The molecular formula is C24H31N5O2S. The number of aromatic nitrogens is 1. The van der Waals surface area contributed by atoms with Crippen LogP contribution in [0.15, 0.2) is 35.6 Å². The van der Waals surface area contributed by atoms with Crippen molar-refractivity contribution in [1.29, 1.82) is 0 Å². The Morgan fingerprint density at radius 3 is 2.69 bits per heavy atom. The van der Waals surface area contributed by atoms with E-state index in [1.807, 2.05) is 6.20 Å². The zero-order valence-corrected chi connectivity index (χ0v) is 19.4. The monoisotopic (exact) mass is 453 g/mol. The fourth-order valence-corrected chi connectivity index (χ4v) is 6.44. The second-order valence-electron chi connectivity index (χ2n) is 9.26. The van der Waals surface area contributed by atoms with Crippen LogP contribution in [0.2, 0.25) is 0 Å². The SMILES string of the molecule is CO/N=C1\CC2(CCN(C(=O)C3CCN(Cc4cnc(N)s4)CC3)CC2)c2ccccc21. The third-order valence-corrected chi connectivity index (χ3v) is 8.25. The Bertz CT molecular complexity index is 1000. The van der Waals surface area contributed by atoms with Crippen LogP contribution >= 0.6 is 11.3 Å². The van der Waals surface area contributed by atoms with Gasteiger partial charge in [-0.2, -0.15) is 0 Å². The van der Waals surface area contributed by atoms with E-state index in [-0.39, 0.29) is 11.3 Å². The van der Waals surface area contributed by atoms with Crippen molar-refractivity contribution in [2.45, 2.75) is 44.1 Å². The second-order valence-corrected chi connectivity index (χ2v) is 10.4. The number of likely N-dealkylation sites (tertiary alicyclic amines) is 2. The molecule has 1 aromatic carbocycles. The van der Waals surface area contributed by atoms with Gasteiger partial charge in [0.25, 0.3) is 0 Å². The summed E-state index contributed by atoms with van der Waals surface area (Å²) < 4.78 is 0. The van der Waals surface area contributed by atoms with Gasteiger partial charge in [-0.3, -0.25) is 9.69 Å². The van der Waals surface area contributed by atoms with E-state index >= 15 is 0 Å². The van der Waals surface area contributed by atoms with Crippen molar-refractivity contribution in [2.24, 2.45) is 11.1 Å². The highest BCUT2D eigenvalue weighted by atomic mass is 32.1. The van der Waals surface area contributed by atoms with E-state index in [4.69, 9.17) is 10.6 Å². The molecule has 0 atom stereocenters. The Labute approximate surface area is 193 Å². The second kappa shape index (κ2) is 8.83. The van der Waals surface area contributed by atoms with Crippen molar-refractivity contribution in [3.63, 3.8) is 0 Å². The number of rotatable bonds is 4. The van der Waals surface area contributed by atoms with Crippen molar-refractivity contribution >= 4 is 28.1 Å². The minimum atomic E-state index is 0.0880. The summed E-state index contributed by atoms with van der Waals surface area (Å²) in [5.41, 5.74) is 9.46. The van der Waals surface area contributed by atoms with Gasteiger partial charge in [0.1, 0.15) is 7.11 Å². The van der Waals surface area contributed by atoms with Crippen LogP contribution in [0.25, 0.3) is 0 Å². The van der Waals surface area contributed by atoms with Crippen molar-refractivity contribution in [1.82, 2.24) is 14.8 Å². The number of nitrogens with two attached hydrogens (primary N) is 1. The van der Waals surface area contributed by atoms with Crippen LogP contribution in [0.1, 0.15) is 48.1 Å². The van der Waals surface area contributed by atoms with E-state index in [9.17, 15) is 4.79 Å². The van der Waals surface area contributed by atoms with Crippen molar-refractivity contribution in [2.75, 3.05) is 39.0 Å². The van der Waals surface area contributed by atoms with Crippen molar-refractivity contribution < 1.29 is 9.63 Å². The highest BCUT2D eigenvalue weighted by molar-refractivity contribution is 7.15. The minimum absolute atomic E-state index is 0.0880. The molecule has 2 saturated heterocycles. The minimum Gasteiger partial charge on any atom is -0.399 e. The fraction of sp³-hybridized carbons (Fsp3) is 0.542. The molecule has 32 heavy (non-hydrogen) atoms. The van der Waals surface area contributed by atoms with E-state index in [1.165, 1.54) is 16.0 Å². The number of nitrogen functional groups attached to an aromatic ring is 1.